The number of likely N-dealkylation sites (tertiary alicyclic amines) is 1. The van der Waals surface area contributed by atoms with Gasteiger partial charge in [-0.05, 0) is 51.2 Å². The van der Waals surface area contributed by atoms with E-state index in [1.807, 2.05) is 47.5 Å². The summed E-state index contributed by atoms with van der Waals surface area (Å²) in [6.07, 6.45) is 7.95. The van der Waals surface area contributed by atoms with Crippen LogP contribution < -0.4 is 14.4 Å². The molecule has 188 valence electrons. The van der Waals surface area contributed by atoms with Crippen molar-refractivity contribution in [3.8, 4) is 22.8 Å². The first-order chi connectivity index (χ1) is 17.6. The van der Waals surface area contributed by atoms with Crippen molar-refractivity contribution in [1.82, 2.24) is 24.6 Å². The minimum atomic E-state index is -0.0145. The summed E-state index contributed by atoms with van der Waals surface area (Å²) in [4.78, 5) is 13.9. The van der Waals surface area contributed by atoms with Crippen molar-refractivity contribution >= 4 is 22.4 Å². The fourth-order valence-electron chi connectivity index (χ4n) is 4.69. The number of hydrogen-bond donors (Lipinski definition) is 1. The maximum Gasteiger partial charge on any atom is 0.124 e. The number of ether oxygens (including phenoxy) is 2. The normalized spacial score (nSPS) is 14.8. The van der Waals surface area contributed by atoms with Gasteiger partial charge in [0.25, 0.3) is 0 Å². The zero-order valence-electron chi connectivity index (χ0n) is 21.0. The summed E-state index contributed by atoms with van der Waals surface area (Å²) in [6.45, 7) is 2.56. The Bertz CT molecular complexity index is 1310. The van der Waals surface area contributed by atoms with E-state index in [4.69, 9.17) is 14.5 Å². The van der Waals surface area contributed by atoms with E-state index in [9.17, 15) is 5.11 Å². The predicted octanol–water partition coefficient (Wildman–Crippen LogP) is 3.91. The molecule has 0 unspecified atom stereocenters. The number of rotatable bonds is 8. The first kappa shape index (κ1) is 24.0. The Morgan fingerprint density at radius 3 is 2.42 bits per heavy atom. The lowest BCUT2D eigenvalue weighted by atomic mass is 10.1. The topological polar surface area (TPSA) is 88.8 Å². The molecule has 2 aromatic carbocycles. The van der Waals surface area contributed by atoms with Crippen LogP contribution in [0.3, 0.4) is 0 Å². The number of piperidine rings is 1. The number of methoxy groups -OCH3 is 2. The van der Waals surface area contributed by atoms with Crippen molar-refractivity contribution < 1.29 is 14.6 Å². The molecule has 1 N–H and O–H groups in total. The second-order valence-corrected chi connectivity index (χ2v) is 9.12. The molecule has 0 aliphatic carbocycles. The molecule has 4 aromatic rings. The summed E-state index contributed by atoms with van der Waals surface area (Å²) in [5.74, 6) is 1.36. The van der Waals surface area contributed by atoms with Crippen molar-refractivity contribution in [3.05, 3.63) is 55.0 Å². The average molecular weight is 489 g/mol. The first-order valence-corrected chi connectivity index (χ1v) is 12.2. The van der Waals surface area contributed by atoms with Crippen LogP contribution in [0.15, 0.2) is 55.0 Å². The summed E-state index contributed by atoms with van der Waals surface area (Å²) in [7, 11) is 5.41. The SMILES string of the molecule is COc1cc(OC)cc(N(CCO)c2ccc3ncc(-c4cnn(C5CCN(C)CC5)c4)nc3c2)c1. The molecule has 0 saturated carbocycles. The third-order valence-corrected chi connectivity index (χ3v) is 6.77. The van der Waals surface area contributed by atoms with Crippen LogP contribution >= 0.6 is 0 Å². The van der Waals surface area contributed by atoms with Gasteiger partial charge in [-0.1, -0.05) is 0 Å². The molecule has 9 nitrogen and oxygen atoms in total. The standard InChI is InChI=1S/C27H32N6O3/c1-31-8-6-20(7-9-31)33-18-19(16-29-33)27-17-28-25-5-4-21(14-26(25)30-27)32(10-11-34)22-12-23(35-2)15-24(13-22)36-3/h4-5,12-18,20,34H,6-11H2,1-3H3. The van der Waals surface area contributed by atoms with E-state index in [2.05, 4.69) is 32.9 Å². The van der Waals surface area contributed by atoms with Gasteiger partial charge in [-0.3, -0.25) is 9.67 Å². The van der Waals surface area contributed by atoms with Gasteiger partial charge in [-0.25, -0.2) is 4.98 Å². The number of fused-ring (bicyclic) bond motifs is 1. The molecule has 1 aliphatic rings. The van der Waals surface area contributed by atoms with Crippen LogP contribution in [0.1, 0.15) is 18.9 Å². The van der Waals surface area contributed by atoms with Crippen LogP contribution in [0.5, 0.6) is 11.5 Å². The van der Waals surface area contributed by atoms with Gasteiger partial charge in [0.15, 0.2) is 0 Å². The number of aromatic nitrogens is 4. The molecule has 0 atom stereocenters. The van der Waals surface area contributed by atoms with Crippen LogP contribution in [0.2, 0.25) is 0 Å². The summed E-state index contributed by atoms with van der Waals surface area (Å²) in [6, 6.07) is 12.0. The Morgan fingerprint density at radius 2 is 1.72 bits per heavy atom. The van der Waals surface area contributed by atoms with Gasteiger partial charge in [0.2, 0.25) is 0 Å². The fourth-order valence-corrected chi connectivity index (χ4v) is 4.69. The van der Waals surface area contributed by atoms with Crippen LogP contribution in [-0.2, 0) is 0 Å². The van der Waals surface area contributed by atoms with E-state index in [0.717, 1.165) is 59.6 Å². The number of nitrogens with zero attached hydrogens (tertiary/aromatic N) is 6. The highest BCUT2D eigenvalue weighted by molar-refractivity contribution is 5.82. The second-order valence-electron chi connectivity index (χ2n) is 9.12. The highest BCUT2D eigenvalue weighted by atomic mass is 16.5. The maximum absolute atomic E-state index is 9.80. The third kappa shape index (κ3) is 4.98. The summed E-state index contributed by atoms with van der Waals surface area (Å²) in [5.41, 5.74) is 5.06. The summed E-state index contributed by atoms with van der Waals surface area (Å²) >= 11 is 0. The molecule has 3 heterocycles. The Labute approximate surface area is 210 Å². The Balaban J connectivity index is 1.47. The van der Waals surface area contributed by atoms with E-state index in [0.29, 0.717) is 24.1 Å². The highest BCUT2D eigenvalue weighted by Gasteiger charge is 2.20. The minimum absolute atomic E-state index is 0.0145. The molecule has 0 spiro atoms. The lowest BCUT2D eigenvalue weighted by Crippen LogP contribution is -2.31. The molecule has 36 heavy (non-hydrogen) atoms. The molecule has 5 rings (SSSR count). The zero-order valence-corrected chi connectivity index (χ0v) is 21.0. The van der Waals surface area contributed by atoms with E-state index >= 15 is 0 Å². The van der Waals surface area contributed by atoms with Gasteiger partial charge >= 0.3 is 0 Å². The summed E-state index contributed by atoms with van der Waals surface area (Å²) < 4.78 is 13.0. The molecular formula is C27H32N6O3. The first-order valence-electron chi connectivity index (χ1n) is 12.2. The Morgan fingerprint density at radius 1 is 0.972 bits per heavy atom. The van der Waals surface area contributed by atoms with Crippen molar-refractivity contribution in [3.63, 3.8) is 0 Å². The van der Waals surface area contributed by atoms with Gasteiger partial charge < -0.3 is 24.4 Å². The lowest BCUT2D eigenvalue weighted by molar-refractivity contribution is 0.212. The highest BCUT2D eigenvalue weighted by Crippen LogP contribution is 2.34. The minimum Gasteiger partial charge on any atom is -0.497 e. The lowest BCUT2D eigenvalue weighted by Gasteiger charge is -2.28. The summed E-state index contributed by atoms with van der Waals surface area (Å²) in [5, 5.41) is 14.4. The third-order valence-electron chi connectivity index (χ3n) is 6.77. The van der Waals surface area contributed by atoms with E-state index in [1.54, 1.807) is 20.4 Å². The van der Waals surface area contributed by atoms with E-state index < -0.39 is 0 Å². The molecule has 0 bridgehead atoms. The maximum atomic E-state index is 9.80. The average Bonchev–Trinajstić information content (AvgIpc) is 3.41. The monoisotopic (exact) mass is 488 g/mol. The number of benzene rings is 2. The number of hydrogen-bond acceptors (Lipinski definition) is 8. The molecular weight excluding hydrogens is 456 g/mol. The molecule has 1 fully saturated rings. The molecule has 2 aromatic heterocycles. The number of aliphatic hydroxyl groups is 1. The van der Waals surface area contributed by atoms with Gasteiger partial charge in [0, 0.05) is 47.9 Å². The fraction of sp³-hybridized carbons (Fsp3) is 0.370. The molecule has 1 saturated heterocycles. The van der Waals surface area contributed by atoms with Crippen LogP contribution in [0.4, 0.5) is 11.4 Å². The molecule has 1 aliphatic heterocycles. The quantitative estimate of drug-likeness (QED) is 0.399. The number of aliphatic hydroxyl groups excluding tert-OH is 1. The van der Waals surface area contributed by atoms with E-state index in [-0.39, 0.29) is 6.61 Å². The van der Waals surface area contributed by atoms with Crippen LogP contribution in [0, 0.1) is 0 Å². The van der Waals surface area contributed by atoms with Gasteiger partial charge in [-0.15, -0.1) is 0 Å². The molecule has 0 amide bonds. The largest absolute Gasteiger partial charge is 0.497 e. The van der Waals surface area contributed by atoms with E-state index in [1.165, 1.54) is 0 Å². The van der Waals surface area contributed by atoms with Crippen molar-refractivity contribution in [1.29, 1.82) is 0 Å². The van der Waals surface area contributed by atoms with Crippen LogP contribution in [0.25, 0.3) is 22.3 Å². The van der Waals surface area contributed by atoms with Gasteiger partial charge in [-0.2, -0.15) is 5.10 Å². The smallest absolute Gasteiger partial charge is 0.124 e. The Hall–Kier alpha value is -3.69. The van der Waals surface area contributed by atoms with Crippen molar-refractivity contribution in [2.45, 2.75) is 18.9 Å². The van der Waals surface area contributed by atoms with Gasteiger partial charge in [0.05, 0.1) is 56.0 Å². The molecule has 0 radical (unpaired) electrons. The Kier molecular flexibility index (Phi) is 7.02. The van der Waals surface area contributed by atoms with Crippen LogP contribution in [-0.4, -0.2) is 77.3 Å². The zero-order chi connectivity index (χ0) is 25.1. The van der Waals surface area contributed by atoms with Gasteiger partial charge in [0.1, 0.15) is 11.5 Å². The van der Waals surface area contributed by atoms with Crippen molar-refractivity contribution in [2.24, 2.45) is 0 Å². The predicted molar refractivity (Wildman–Crippen MR) is 140 cm³/mol. The van der Waals surface area contributed by atoms with Crippen molar-refractivity contribution in [2.75, 3.05) is 52.4 Å². The number of anilines is 2. The molecule has 9 heteroatoms. The second kappa shape index (κ2) is 10.5.